The summed E-state index contributed by atoms with van der Waals surface area (Å²) in [6.45, 7) is 4.40. The maximum absolute atomic E-state index is 12.2. The van der Waals surface area contributed by atoms with E-state index in [0.717, 1.165) is 19.0 Å². The first-order chi connectivity index (χ1) is 11.8. The molecule has 0 spiro atoms. The second kappa shape index (κ2) is 7.72. The van der Waals surface area contributed by atoms with Gasteiger partial charge in [-0.3, -0.25) is 4.79 Å². The molecule has 3 heterocycles. The Kier molecular flexibility index (Phi) is 5.20. The van der Waals surface area contributed by atoms with Gasteiger partial charge in [0.25, 0.3) is 5.91 Å². The second-order valence-electron chi connectivity index (χ2n) is 5.59. The molecule has 0 aromatic carbocycles. The Bertz CT molecular complexity index is 666. The van der Waals surface area contributed by atoms with Gasteiger partial charge >= 0.3 is 0 Å². The van der Waals surface area contributed by atoms with Crippen LogP contribution in [0.3, 0.4) is 0 Å². The molecule has 0 aliphatic carbocycles. The number of aromatic nitrogens is 3. The van der Waals surface area contributed by atoms with E-state index in [4.69, 9.17) is 4.74 Å². The van der Waals surface area contributed by atoms with Gasteiger partial charge in [0, 0.05) is 25.4 Å². The Hall–Kier alpha value is -2.70. The predicted molar refractivity (Wildman–Crippen MR) is 91.5 cm³/mol. The topological polar surface area (TPSA) is 80.2 Å². The first kappa shape index (κ1) is 16.2. The second-order valence-corrected chi connectivity index (χ2v) is 5.59. The minimum atomic E-state index is -0.250. The van der Waals surface area contributed by atoms with Gasteiger partial charge < -0.3 is 15.0 Å². The fourth-order valence-electron chi connectivity index (χ4n) is 2.59. The van der Waals surface area contributed by atoms with E-state index in [1.165, 1.54) is 25.5 Å². The maximum atomic E-state index is 12.2. The zero-order valence-electron chi connectivity index (χ0n) is 13.7. The summed E-state index contributed by atoms with van der Waals surface area (Å²) < 4.78 is 5.26. The number of carbonyl (C=O) groups is 1. The van der Waals surface area contributed by atoms with Crippen molar-refractivity contribution in [1.29, 1.82) is 0 Å². The van der Waals surface area contributed by atoms with E-state index < -0.39 is 0 Å². The summed E-state index contributed by atoms with van der Waals surface area (Å²) in [5, 5.41) is 2.78. The number of piperidine rings is 1. The average Bonchev–Trinajstić information content (AvgIpc) is 2.64. The van der Waals surface area contributed by atoms with Gasteiger partial charge in [0.2, 0.25) is 11.8 Å². The molecule has 0 radical (unpaired) electrons. The molecule has 24 heavy (non-hydrogen) atoms. The van der Waals surface area contributed by atoms with Crippen molar-refractivity contribution in [2.45, 2.75) is 26.2 Å². The van der Waals surface area contributed by atoms with Crippen LogP contribution in [-0.2, 0) is 0 Å². The summed E-state index contributed by atoms with van der Waals surface area (Å²) in [4.78, 5) is 27.2. The Balaban J connectivity index is 1.61. The summed E-state index contributed by atoms with van der Waals surface area (Å²) in [6, 6.07) is 3.35. The fraction of sp³-hybridized carbons (Fsp3) is 0.412. The highest BCUT2D eigenvalue weighted by molar-refractivity contribution is 6.03. The summed E-state index contributed by atoms with van der Waals surface area (Å²) in [7, 11) is 0. The van der Waals surface area contributed by atoms with Crippen LogP contribution in [0.5, 0.6) is 5.88 Å². The molecular weight excluding hydrogens is 306 g/mol. The predicted octanol–water partition coefficient (Wildman–Crippen LogP) is 2.51. The third-order valence-corrected chi connectivity index (χ3v) is 3.83. The fourth-order valence-corrected chi connectivity index (χ4v) is 2.59. The van der Waals surface area contributed by atoms with Crippen LogP contribution in [0.4, 0.5) is 11.6 Å². The lowest BCUT2D eigenvalue weighted by molar-refractivity contribution is 0.102. The van der Waals surface area contributed by atoms with Crippen LogP contribution < -0.4 is 15.0 Å². The van der Waals surface area contributed by atoms with E-state index in [2.05, 4.69) is 25.2 Å². The quantitative estimate of drug-likeness (QED) is 0.909. The SMILES string of the molecule is CCOc1ccc(C(=O)Nc2cnc(N3CCCCC3)nc2)cn1. The maximum Gasteiger partial charge on any atom is 0.257 e. The minimum Gasteiger partial charge on any atom is -0.478 e. The van der Waals surface area contributed by atoms with Crippen LogP contribution in [0.1, 0.15) is 36.5 Å². The van der Waals surface area contributed by atoms with Gasteiger partial charge in [-0.1, -0.05) is 0 Å². The van der Waals surface area contributed by atoms with E-state index in [1.54, 1.807) is 24.5 Å². The Morgan fingerprint density at radius 2 is 1.88 bits per heavy atom. The largest absolute Gasteiger partial charge is 0.478 e. The van der Waals surface area contributed by atoms with E-state index in [0.29, 0.717) is 23.7 Å². The van der Waals surface area contributed by atoms with Gasteiger partial charge in [-0.25, -0.2) is 15.0 Å². The molecule has 1 saturated heterocycles. The highest BCUT2D eigenvalue weighted by atomic mass is 16.5. The molecule has 0 bridgehead atoms. The van der Waals surface area contributed by atoms with Crippen molar-refractivity contribution in [3.8, 4) is 5.88 Å². The number of ether oxygens (including phenoxy) is 1. The van der Waals surface area contributed by atoms with E-state index in [1.807, 2.05) is 6.92 Å². The first-order valence-corrected chi connectivity index (χ1v) is 8.23. The van der Waals surface area contributed by atoms with E-state index in [-0.39, 0.29) is 5.91 Å². The lowest BCUT2D eigenvalue weighted by Gasteiger charge is -2.26. The van der Waals surface area contributed by atoms with Crippen LogP contribution in [-0.4, -0.2) is 40.6 Å². The zero-order valence-corrected chi connectivity index (χ0v) is 13.7. The molecule has 2 aromatic rings. The third kappa shape index (κ3) is 3.98. The molecule has 1 aliphatic heterocycles. The number of nitrogens with one attached hydrogen (secondary N) is 1. The molecule has 1 aliphatic rings. The van der Waals surface area contributed by atoms with Gasteiger partial charge in [-0.15, -0.1) is 0 Å². The minimum absolute atomic E-state index is 0.250. The van der Waals surface area contributed by atoms with Gasteiger partial charge in [0.1, 0.15) is 0 Å². The average molecular weight is 327 g/mol. The van der Waals surface area contributed by atoms with Gasteiger partial charge in [-0.2, -0.15) is 0 Å². The van der Waals surface area contributed by atoms with Gasteiger partial charge in [0.05, 0.1) is 30.3 Å². The zero-order chi connectivity index (χ0) is 16.8. The summed E-state index contributed by atoms with van der Waals surface area (Å²) in [5.41, 5.74) is 1.02. The summed E-state index contributed by atoms with van der Waals surface area (Å²) in [6.07, 6.45) is 8.37. The highest BCUT2D eigenvalue weighted by Gasteiger charge is 2.13. The molecule has 0 saturated carbocycles. The number of rotatable bonds is 5. The Morgan fingerprint density at radius 1 is 1.12 bits per heavy atom. The van der Waals surface area contributed by atoms with Crippen molar-refractivity contribution in [2.75, 3.05) is 29.9 Å². The molecule has 2 aromatic heterocycles. The molecule has 1 amide bonds. The number of hydrogen-bond donors (Lipinski definition) is 1. The van der Waals surface area contributed by atoms with Gasteiger partial charge in [-0.05, 0) is 32.3 Å². The Labute approximate surface area is 141 Å². The van der Waals surface area contributed by atoms with Crippen molar-refractivity contribution in [3.63, 3.8) is 0 Å². The molecule has 1 N–H and O–H groups in total. The van der Waals surface area contributed by atoms with Crippen molar-refractivity contribution < 1.29 is 9.53 Å². The van der Waals surface area contributed by atoms with Crippen LogP contribution in [0.15, 0.2) is 30.7 Å². The van der Waals surface area contributed by atoms with E-state index in [9.17, 15) is 4.79 Å². The smallest absolute Gasteiger partial charge is 0.257 e. The highest BCUT2D eigenvalue weighted by Crippen LogP contribution is 2.16. The number of anilines is 2. The van der Waals surface area contributed by atoms with Gasteiger partial charge in [0.15, 0.2) is 0 Å². The monoisotopic (exact) mass is 327 g/mol. The molecule has 7 heteroatoms. The molecule has 3 rings (SSSR count). The number of carbonyl (C=O) groups excluding carboxylic acids is 1. The van der Waals surface area contributed by atoms with Crippen molar-refractivity contribution >= 4 is 17.5 Å². The summed E-state index contributed by atoms with van der Waals surface area (Å²) in [5.74, 6) is 0.971. The lowest BCUT2D eigenvalue weighted by atomic mass is 10.1. The lowest BCUT2D eigenvalue weighted by Crippen LogP contribution is -2.30. The third-order valence-electron chi connectivity index (χ3n) is 3.83. The van der Waals surface area contributed by atoms with Crippen LogP contribution in [0, 0.1) is 0 Å². The first-order valence-electron chi connectivity index (χ1n) is 8.23. The van der Waals surface area contributed by atoms with Crippen molar-refractivity contribution in [1.82, 2.24) is 15.0 Å². The standard InChI is InChI=1S/C17H21N5O2/c1-2-24-15-7-6-13(10-18-15)16(23)21-14-11-19-17(20-12-14)22-8-4-3-5-9-22/h6-7,10-12H,2-5,8-9H2,1H3,(H,21,23). The number of amides is 1. The summed E-state index contributed by atoms with van der Waals surface area (Å²) >= 11 is 0. The molecule has 0 atom stereocenters. The molecule has 7 nitrogen and oxygen atoms in total. The molecule has 126 valence electrons. The van der Waals surface area contributed by atoms with Crippen LogP contribution in [0.25, 0.3) is 0 Å². The molecular formula is C17H21N5O2. The number of hydrogen-bond acceptors (Lipinski definition) is 6. The Morgan fingerprint density at radius 3 is 2.50 bits per heavy atom. The number of nitrogens with zero attached hydrogens (tertiary/aromatic N) is 4. The molecule has 1 fully saturated rings. The van der Waals surface area contributed by atoms with Crippen LogP contribution >= 0.6 is 0 Å². The molecule has 0 unspecified atom stereocenters. The number of pyridine rings is 1. The normalized spacial score (nSPS) is 14.3. The van der Waals surface area contributed by atoms with Crippen molar-refractivity contribution in [3.05, 3.63) is 36.3 Å². The van der Waals surface area contributed by atoms with Crippen LogP contribution in [0.2, 0.25) is 0 Å². The van der Waals surface area contributed by atoms with E-state index >= 15 is 0 Å². The van der Waals surface area contributed by atoms with Crippen molar-refractivity contribution in [2.24, 2.45) is 0 Å².